The molecule has 2 atom stereocenters. The van der Waals surface area contributed by atoms with Gasteiger partial charge in [-0.25, -0.2) is 4.79 Å². The van der Waals surface area contributed by atoms with Crippen LogP contribution < -0.4 is 16.4 Å². The third-order valence-electron chi connectivity index (χ3n) is 5.17. The second-order valence-corrected chi connectivity index (χ2v) is 7.25. The van der Waals surface area contributed by atoms with Gasteiger partial charge in [0, 0.05) is 23.6 Å². The topological polar surface area (TPSA) is 158 Å². The summed E-state index contributed by atoms with van der Waals surface area (Å²) in [4.78, 5) is 51.8. The van der Waals surface area contributed by atoms with Crippen LogP contribution in [0.15, 0.2) is 30.5 Å². The van der Waals surface area contributed by atoms with Gasteiger partial charge in [-0.1, -0.05) is 18.2 Å². The number of nitrogens with zero attached hydrogens (tertiary/aromatic N) is 1. The number of carbonyl (C=O) groups excluding carboxylic acids is 3. The number of amides is 3. The van der Waals surface area contributed by atoms with Crippen LogP contribution in [0, 0.1) is 0 Å². The summed E-state index contributed by atoms with van der Waals surface area (Å²) >= 11 is 0. The number of nitrogens with one attached hydrogen (secondary N) is 3. The molecule has 0 aliphatic carbocycles. The lowest BCUT2D eigenvalue weighted by Gasteiger charge is -2.21. The molecule has 1 aromatic carbocycles. The average molecular weight is 415 g/mol. The molecule has 6 N–H and O–H groups in total. The van der Waals surface area contributed by atoms with Crippen molar-refractivity contribution < 1.29 is 24.3 Å². The molecule has 1 fully saturated rings. The molecule has 3 rings (SSSR count). The average Bonchev–Trinajstić information content (AvgIpc) is 3.38. The fraction of sp³-hybridized carbons (Fsp3) is 0.400. The molecule has 0 spiro atoms. The maximum absolute atomic E-state index is 12.2. The minimum Gasteiger partial charge on any atom is -0.480 e. The highest BCUT2D eigenvalue weighted by atomic mass is 16.4. The van der Waals surface area contributed by atoms with Crippen LogP contribution in [0.2, 0.25) is 0 Å². The van der Waals surface area contributed by atoms with E-state index in [0.717, 1.165) is 16.5 Å². The molecular formula is C20H25N5O5. The Morgan fingerprint density at radius 1 is 1.20 bits per heavy atom. The summed E-state index contributed by atoms with van der Waals surface area (Å²) in [5, 5.41) is 15.0. The standard InChI is InChI=1S/C20H25N5O5/c21-14(8-12-9-22-15-5-2-1-4-13(12)15)19(28)24-10-17(26)23-11-18(27)25-7-3-6-16(25)20(29)30/h1-2,4-5,9,14,16,22H,3,6-8,10-11,21H2,(H,23,26)(H,24,28)(H,29,30). The third kappa shape index (κ3) is 4.95. The number of aromatic amines is 1. The molecule has 1 aliphatic rings. The lowest BCUT2D eigenvalue weighted by atomic mass is 10.1. The van der Waals surface area contributed by atoms with Crippen molar-refractivity contribution in [2.45, 2.75) is 31.3 Å². The number of benzene rings is 1. The molecular weight excluding hydrogens is 390 g/mol. The van der Waals surface area contributed by atoms with Crippen molar-refractivity contribution in [2.75, 3.05) is 19.6 Å². The van der Waals surface area contributed by atoms with Gasteiger partial charge in [-0.2, -0.15) is 0 Å². The highest BCUT2D eigenvalue weighted by Crippen LogP contribution is 2.19. The Kier molecular flexibility index (Phi) is 6.68. The lowest BCUT2D eigenvalue weighted by Crippen LogP contribution is -2.48. The molecule has 2 unspecified atom stereocenters. The summed E-state index contributed by atoms with van der Waals surface area (Å²) in [6.45, 7) is -0.291. The number of hydrogen-bond donors (Lipinski definition) is 5. The summed E-state index contributed by atoms with van der Waals surface area (Å²) in [7, 11) is 0. The fourth-order valence-electron chi connectivity index (χ4n) is 3.59. The van der Waals surface area contributed by atoms with Gasteiger partial charge in [-0.3, -0.25) is 14.4 Å². The van der Waals surface area contributed by atoms with E-state index in [4.69, 9.17) is 10.8 Å². The van der Waals surface area contributed by atoms with Gasteiger partial charge in [-0.05, 0) is 30.9 Å². The van der Waals surface area contributed by atoms with E-state index in [2.05, 4.69) is 15.6 Å². The van der Waals surface area contributed by atoms with Crippen LogP contribution in [0.4, 0.5) is 0 Å². The number of nitrogens with two attached hydrogens (primary N) is 1. The molecule has 160 valence electrons. The van der Waals surface area contributed by atoms with E-state index in [9.17, 15) is 19.2 Å². The van der Waals surface area contributed by atoms with Gasteiger partial charge < -0.3 is 31.4 Å². The van der Waals surface area contributed by atoms with Crippen molar-refractivity contribution in [1.82, 2.24) is 20.5 Å². The van der Waals surface area contributed by atoms with Gasteiger partial charge in [0.1, 0.15) is 6.04 Å². The monoisotopic (exact) mass is 415 g/mol. The number of carbonyl (C=O) groups is 4. The Morgan fingerprint density at radius 2 is 1.97 bits per heavy atom. The molecule has 3 amide bonds. The number of carboxylic acids is 1. The minimum atomic E-state index is -1.05. The van der Waals surface area contributed by atoms with E-state index >= 15 is 0 Å². The third-order valence-corrected chi connectivity index (χ3v) is 5.17. The van der Waals surface area contributed by atoms with Crippen LogP contribution >= 0.6 is 0 Å². The van der Waals surface area contributed by atoms with Crippen LogP contribution in [-0.2, 0) is 25.6 Å². The molecule has 1 aromatic heterocycles. The van der Waals surface area contributed by atoms with E-state index < -0.39 is 35.8 Å². The predicted octanol–water partition coefficient (Wildman–Crippen LogP) is -0.654. The maximum Gasteiger partial charge on any atom is 0.326 e. The predicted molar refractivity (Wildman–Crippen MR) is 108 cm³/mol. The lowest BCUT2D eigenvalue weighted by molar-refractivity contribution is -0.148. The molecule has 1 aliphatic heterocycles. The molecule has 10 nitrogen and oxygen atoms in total. The number of aromatic nitrogens is 1. The molecule has 10 heteroatoms. The maximum atomic E-state index is 12.2. The quantitative estimate of drug-likeness (QED) is 0.385. The van der Waals surface area contributed by atoms with Gasteiger partial charge >= 0.3 is 5.97 Å². The number of carboxylic acid groups (broad SMARTS) is 1. The molecule has 0 saturated carbocycles. The van der Waals surface area contributed by atoms with Crippen LogP contribution in [0.25, 0.3) is 10.9 Å². The number of H-pyrrole nitrogens is 1. The number of fused-ring (bicyclic) bond motifs is 1. The summed E-state index contributed by atoms with van der Waals surface area (Å²) in [5.74, 6) is -2.55. The van der Waals surface area contributed by atoms with Gasteiger partial charge in [0.05, 0.1) is 19.1 Å². The smallest absolute Gasteiger partial charge is 0.326 e. The summed E-state index contributed by atoms with van der Waals surface area (Å²) in [6.07, 6.45) is 3.13. The molecule has 1 saturated heterocycles. The number of rotatable bonds is 8. The Balaban J connectivity index is 1.42. The normalized spacial score (nSPS) is 17.0. The Labute approximate surface area is 172 Å². The van der Waals surface area contributed by atoms with Crippen LogP contribution in [0.5, 0.6) is 0 Å². The first-order valence-corrected chi connectivity index (χ1v) is 9.74. The number of para-hydroxylation sites is 1. The minimum absolute atomic E-state index is 0.307. The number of aliphatic carboxylic acids is 1. The van der Waals surface area contributed by atoms with E-state index in [1.807, 2.05) is 24.3 Å². The van der Waals surface area contributed by atoms with Crippen molar-refractivity contribution in [3.63, 3.8) is 0 Å². The molecule has 2 aromatic rings. The zero-order valence-corrected chi connectivity index (χ0v) is 16.4. The number of hydrogen-bond acceptors (Lipinski definition) is 5. The van der Waals surface area contributed by atoms with Gasteiger partial charge in [-0.15, -0.1) is 0 Å². The number of likely N-dealkylation sites (tertiary alicyclic amines) is 1. The van der Waals surface area contributed by atoms with Crippen molar-refractivity contribution in [3.8, 4) is 0 Å². The largest absolute Gasteiger partial charge is 0.480 e. The summed E-state index contributed by atoms with van der Waals surface area (Å²) < 4.78 is 0. The van der Waals surface area contributed by atoms with E-state index in [1.54, 1.807) is 6.20 Å². The van der Waals surface area contributed by atoms with E-state index in [0.29, 0.717) is 25.8 Å². The Morgan fingerprint density at radius 3 is 2.73 bits per heavy atom. The van der Waals surface area contributed by atoms with Gasteiger partial charge in [0.25, 0.3) is 0 Å². The van der Waals surface area contributed by atoms with E-state index in [1.165, 1.54) is 4.90 Å². The van der Waals surface area contributed by atoms with Crippen molar-refractivity contribution in [2.24, 2.45) is 5.73 Å². The van der Waals surface area contributed by atoms with Crippen LogP contribution in [-0.4, -0.2) is 70.4 Å². The van der Waals surface area contributed by atoms with E-state index in [-0.39, 0.29) is 13.1 Å². The van der Waals surface area contributed by atoms with Crippen molar-refractivity contribution in [1.29, 1.82) is 0 Å². The first-order valence-electron chi connectivity index (χ1n) is 9.74. The fourth-order valence-corrected chi connectivity index (χ4v) is 3.59. The van der Waals surface area contributed by atoms with Gasteiger partial charge in [0.15, 0.2) is 0 Å². The van der Waals surface area contributed by atoms with Gasteiger partial charge in [0.2, 0.25) is 17.7 Å². The molecule has 2 heterocycles. The van der Waals surface area contributed by atoms with Crippen molar-refractivity contribution in [3.05, 3.63) is 36.0 Å². The second kappa shape index (κ2) is 9.40. The molecule has 0 radical (unpaired) electrons. The first-order chi connectivity index (χ1) is 14.4. The highest BCUT2D eigenvalue weighted by Gasteiger charge is 2.33. The first kappa shape index (κ1) is 21.3. The SMILES string of the molecule is NC(Cc1c[nH]c2ccccc12)C(=O)NCC(=O)NCC(=O)N1CCCC1C(=O)O. The zero-order valence-electron chi connectivity index (χ0n) is 16.4. The summed E-state index contributed by atoms with van der Waals surface area (Å²) in [5.41, 5.74) is 7.82. The zero-order chi connectivity index (χ0) is 21.7. The second-order valence-electron chi connectivity index (χ2n) is 7.25. The molecule has 0 bridgehead atoms. The Bertz CT molecular complexity index is 956. The summed E-state index contributed by atoms with van der Waals surface area (Å²) in [6, 6.07) is 5.99. The Hall–Kier alpha value is -3.40. The van der Waals surface area contributed by atoms with Crippen molar-refractivity contribution >= 4 is 34.6 Å². The van der Waals surface area contributed by atoms with Crippen LogP contribution in [0.1, 0.15) is 18.4 Å². The van der Waals surface area contributed by atoms with Crippen LogP contribution in [0.3, 0.4) is 0 Å². The molecule has 30 heavy (non-hydrogen) atoms. The highest BCUT2D eigenvalue weighted by molar-refractivity contribution is 5.91.